The molecule has 0 N–H and O–H groups in total. The molecule has 0 saturated heterocycles. The van der Waals surface area contributed by atoms with Gasteiger partial charge in [-0.2, -0.15) is 0 Å². The molecule has 0 aliphatic carbocycles. The van der Waals surface area contributed by atoms with Crippen molar-refractivity contribution in [2.75, 3.05) is 19.1 Å². The first-order chi connectivity index (χ1) is 16.2. The summed E-state index contributed by atoms with van der Waals surface area (Å²) in [5.74, 6) is 1.10. The van der Waals surface area contributed by atoms with Crippen LogP contribution in [-0.2, 0) is 6.54 Å². The SMILES string of the molecule is COc1cc2nc(N(Cc3cccnc3)C(=O)c3ccc4ccccc4c3)sc2cc1OC. The summed E-state index contributed by atoms with van der Waals surface area (Å²) in [6, 6.07) is 21.3. The van der Waals surface area contributed by atoms with E-state index in [2.05, 4.69) is 4.98 Å². The fraction of sp³-hybridized carbons (Fsp3) is 0.115. The van der Waals surface area contributed by atoms with Gasteiger partial charge >= 0.3 is 0 Å². The Balaban J connectivity index is 1.60. The summed E-state index contributed by atoms with van der Waals surface area (Å²) in [5, 5.41) is 2.71. The number of amides is 1. The van der Waals surface area contributed by atoms with Crippen LogP contribution in [0.3, 0.4) is 0 Å². The monoisotopic (exact) mass is 455 g/mol. The summed E-state index contributed by atoms with van der Waals surface area (Å²) < 4.78 is 11.8. The van der Waals surface area contributed by atoms with Gasteiger partial charge in [-0.3, -0.25) is 14.7 Å². The van der Waals surface area contributed by atoms with Gasteiger partial charge < -0.3 is 9.47 Å². The van der Waals surface area contributed by atoms with Crippen LogP contribution in [0.1, 0.15) is 15.9 Å². The Morgan fingerprint density at radius 2 is 1.73 bits per heavy atom. The minimum absolute atomic E-state index is 0.123. The summed E-state index contributed by atoms with van der Waals surface area (Å²) in [5.41, 5.74) is 2.27. The van der Waals surface area contributed by atoms with Gasteiger partial charge in [0.15, 0.2) is 16.6 Å². The molecule has 33 heavy (non-hydrogen) atoms. The number of hydrogen-bond acceptors (Lipinski definition) is 6. The quantitative estimate of drug-likeness (QED) is 0.328. The summed E-state index contributed by atoms with van der Waals surface area (Å²) in [4.78, 5) is 24.4. The number of anilines is 1. The van der Waals surface area contributed by atoms with Crippen molar-refractivity contribution >= 4 is 43.4 Å². The average molecular weight is 456 g/mol. The number of ether oxygens (including phenoxy) is 2. The Morgan fingerprint density at radius 3 is 2.48 bits per heavy atom. The first kappa shape index (κ1) is 20.9. The number of methoxy groups -OCH3 is 2. The lowest BCUT2D eigenvalue weighted by atomic mass is 10.1. The van der Waals surface area contributed by atoms with Crippen LogP contribution >= 0.6 is 11.3 Å². The Morgan fingerprint density at radius 1 is 0.939 bits per heavy atom. The van der Waals surface area contributed by atoms with Crippen molar-refractivity contribution in [1.29, 1.82) is 0 Å². The minimum Gasteiger partial charge on any atom is -0.493 e. The molecule has 0 aliphatic heterocycles. The molecule has 164 valence electrons. The molecule has 0 radical (unpaired) electrons. The molecule has 0 fully saturated rings. The summed E-state index contributed by atoms with van der Waals surface area (Å²) >= 11 is 1.44. The van der Waals surface area contributed by atoms with Crippen molar-refractivity contribution in [2.24, 2.45) is 0 Å². The van der Waals surface area contributed by atoms with Crippen LogP contribution in [0.15, 0.2) is 79.1 Å². The predicted molar refractivity (Wildman–Crippen MR) is 131 cm³/mol. The number of fused-ring (bicyclic) bond motifs is 2. The number of carbonyl (C=O) groups excluding carboxylic acids is 1. The fourth-order valence-corrected chi connectivity index (χ4v) is 4.71. The van der Waals surface area contributed by atoms with E-state index in [0.29, 0.717) is 28.7 Å². The number of rotatable bonds is 6. The molecule has 0 saturated carbocycles. The highest BCUT2D eigenvalue weighted by Gasteiger charge is 2.23. The van der Waals surface area contributed by atoms with Gasteiger partial charge in [-0.1, -0.05) is 47.7 Å². The Bertz CT molecular complexity index is 1410. The van der Waals surface area contributed by atoms with E-state index in [0.717, 1.165) is 26.6 Å². The van der Waals surface area contributed by atoms with Gasteiger partial charge in [0.05, 0.1) is 31.0 Å². The number of benzene rings is 3. The van der Waals surface area contributed by atoms with E-state index in [4.69, 9.17) is 14.5 Å². The molecule has 7 heteroatoms. The number of aromatic nitrogens is 2. The van der Waals surface area contributed by atoms with Gasteiger partial charge in [-0.25, -0.2) is 4.98 Å². The van der Waals surface area contributed by atoms with Crippen molar-refractivity contribution in [3.8, 4) is 11.5 Å². The molecule has 2 aromatic heterocycles. The zero-order valence-electron chi connectivity index (χ0n) is 18.2. The Hall–Kier alpha value is -3.97. The first-order valence-electron chi connectivity index (χ1n) is 10.4. The van der Waals surface area contributed by atoms with Gasteiger partial charge in [0, 0.05) is 30.1 Å². The van der Waals surface area contributed by atoms with Gasteiger partial charge in [-0.15, -0.1) is 0 Å². The second-order valence-electron chi connectivity index (χ2n) is 7.49. The highest BCUT2D eigenvalue weighted by atomic mass is 32.1. The number of carbonyl (C=O) groups is 1. The molecule has 0 atom stereocenters. The molecule has 5 aromatic rings. The summed E-state index contributed by atoms with van der Waals surface area (Å²) in [6.45, 7) is 0.355. The molecule has 0 spiro atoms. The van der Waals surface area contributed by atoms with Crippen LogP contribution < -0.4 is 14.4 Å². The zero-order chi connectivity index (χ0) is 22.8. The van der Waals surface area contributed by atoms with E-state index in [1.165, 1.54) is 11.3 Å². The van der Waals surface area contributed by atoms with Gasteiger partial charge in [0.25, 0.3) is 5.91 Å². The smallest absolute Gasteiger partial charge is 0.260 e. The van der Waals surface area contributed by atoms with E-state index in [1.54, 1.807) is 31.5 Å². The molecule has 0 aliphatic rings. The summed E-state index contributed by atoms with van der Waals surface area (Å²) in [7, 11) is 3.19. The van der Waals surface area contributed by atoms with E-state index in [9.17, 15) is 4.79 Å². The highest BCUT2D eigenvalue weighted by molar-refractivity contribution is 7.22. The second kappa shape index (κ2) is 8.88. The standard InChI is InChI=1S/C26H21N3O3S/c1-31-22-13-21-24(14-23(22)32-2)33-26(28-21)29(16-17-6-5-11-27-15-17)25(30)20-10-9-18-7-3-4-8-19(18)12-20/h3-15H,16H2,1-2H3. The van der Waals surface area contributed by atoms with E-state index < -0.39 is 0 Å². The molecule has 6 nitrogen and oxygen atoms in total. The van der Waals surface area contributed by atoms with Crippen LogP contribution in [0.25, 0.3) is 21.0 Å². The summed E-state index contributed by atoms with van der Waals surface area (Å²) in [6.07, 6.45) is 3.48. The number of pyridine rings is 1. The van der Waals surface area contributed by atoms with E-state index in [-0.39, 0.29) is 5.91 Å². The maximum atomic E-state index is 13.7. The lowest BCUT2D eigenvalue weighted by molar-refractivity contribution is 0.0985. The maximum absolute atomic E-state index is 13.7. The van der Waals surface area contributed by atoms with Gasteiger partial charge in [-0.05, 0) is 34.5 Å². The van der Waals surface area contributed by atoms with Crippen molar-refractivity contribution in [2.45, 2.75) is 6.54 Å². The largest absolute Gasteiger partial charge is 0.493 e. The second-order valence-corrected chi connectivity index (χ2v) is 8.49. The third-order valence-electron chi connectivity index (χ3n) is 5.42. The molecule has 1 amide bonds. The predicted octanol–water partition coefficient (Wildman–Crippen LogP) is 5.71. The maximum Gasteiger partial charge on any atom is 0.260 e. The fourth-order valence-electron chi connectivity index (χ4n) is 3.74. The average Bonchev–Trinajstić information content (AvgIpc) is 3.28. The lowest BCUT2D eigenvalue weighted by Gasteiger charge is -2.20. The molecular weight excluding hydrogens is 434 g/mol. The highest BCUT2D eigenvalue weighted by Crippen LogP contribution is 2.38. The molecule has 0 bridgehead atoms. The van der Waals surface area contributed by atoms with Crippen LogP contribution in [-0.4, -0.2) is 30.1 Å². The number of thiazole rings is 1. The van der Waals surface area contributed by atoms with Crippen molar-refractivity contribution in [3.63, 3.8) is 0 Å². The van der Waals surface area contributed by atoms with E-state index in [1.807, 2.05) is 66.7 Å². The molecule has 5 rings (SSSR count). The topological polar surface area (TPSA) is 64.5 Å². The Labute approximate surface area is 195 Å². The van der Waals surface area contributed by atoms with Crippen molar-refractivity contribution in [1.82, 2.24) is 9.97 Å². The van der Waals surface area contributed by atoms with Gasteiger partial charge in [0.1, 0.15) is 0 Å². The first-order valence-corrected chi connectivity index (χ1v) is 11.2. The number of hydrogen-bond donors (Lipinski definition) is 0. The lowest BCUT2D eigenvalue weighted by Crippen LogP contribution is -2.30. The van der Waals surface area contributed by atoms with E-state index >= 15 is 0 Å². The third-order valence-corrected chi connectivity index (χ3v) is 6.46. The van der Waals surface area contributed by atoms with Crippen LogP contribution in [0, 0.1) is 0 Å². The number of nitrogens with zero attached hydrogens (tertiary/aromatic N) is 3. The molecule has 0 unspecified atom stereocenters. The Kier molecular flexibility index (Phi) is 5.62. The van der Waals surface area contributed by atoms with Crippen molar-refractivity contribution in [3.05, 3.63) is 90.3 Å². The molecular formula is C26H21N3O3S. The minimum atomic E-state index is -0.123. The normalized spacial score (nSPS) is 11.0. The molecule has 3 aromatic carbocycles. The van der Waals surface area contributed by atoms with Crippen LogP contribution in [0.2, 0.25) is 0 Å². The van der Waals surface area contributed by atoms with Crippen LogP contribution in [0.5, 0.6) is 11.5 Å². The van der Waals surface area contributed by atoms with Crippen LogP contribution in [0.4, 0.5) is 5.13 Å². The third kappa shape index (κ3) is 4.10. The van der Waals surface area contributed by atoms with Crippen molar-refractivity contribution < 1.29 is 14.3 Å². The molecule has 2 heterocycles. The zero-order valence-corrected chi connectivity index (χ0v) is 19.0. The van der Waals surface area contributed by atoms with Gasteiger partial charge in [0.2, 0.25) is 0 Å².